The number of nitrogens with zero attached hydrogens (tertiary/aromatic N) is 7. The van der Waals surface area contributed by atoms with E-state index in [0.717, 1.165) is 23.5 Å². The number of fused-ring (bicyclic) bond motifs is 2. The fraction of sp³-hybridized carbons (Fsp3) is 0.394. The Kier molecular flexibility index (Phi) is 9.76. The lowest BCUT2D eigenvalue weighted by Gasteiger charge is -2.28. The summed E-state index contributed by atoms with van der Waals surface area (Å²) in [6.07, 6.45) is 6.22. The first-order valence-corrected chi connectivity index (χ1v) is 16.3. The highest BCUT2D eigenvalue weighted by atomic mass is 35.5. The SMILES string of the molecule is C#CCN1C(=O)COc2cc(F)c(/N=c3\snc4n3CC(C)(C)C4)cc21.CN(C)C(=O)Nc1ccc(-n2nc(C(C)(C)C)oc2=O)c(Cl)c1. The summed E-state index contributed by atoms with van der Waals surface area (Å²) in [7, 11) is 3.27. The first kappa shape index (κ1) is 35.4. The van der Waals surface area contributed by atoms with Gasteiger partial charge in [0.15, 0.2) is 12.4 Å². The third-order valence-corrected chi connectivity index (χ3v) is 8.54. The van der Waals surface area contributed by atoms with Crippen LogP contribution in [-0.2, 0) is 23.2 Å². The van der Waals surface area contributed by atoms with Gasteiger partial charge in [-0.3, -0.25) is 9.69 Å². The number of rotatable bonds is 4. The van der Waals surface area contributed by atoms with Crippen molar-refractivity contribution >= 4 is 52.1 Å². The van der Waals surface area contributed by atoms with Gasteiger partial charge in [-0.25, -0.2) is 19.0 Å². The van der Waals surface area contributed by atoms with E-state index in [1.807, 2.05) is 25.3 Å². The number of benzene rings is 2. The Bertz CT molecular complexity index is 2100. The third-order valence-electron chi connectivity index (χ3n) is 7.46. The van der Waals surface area contributed by atoms with E-state index in [1.54, 1.807) is 32.3 Å². The second-order valence-corrected chi connectivity index (χ2v) is 14.6. The number of carbonyl (C=O) groups excluding carboxylic acids is 2. The number of hydrogen-bond donors (Lipinski definition) is 1. The van der Waals surface area contributed by atoms with E-state index < -0.39 is 17.0 Å². The molecule has 0 unspecified atom stereocenters. The van der Waals surface area contributed by atoms with Crippen LogP contribution in [0.3, 0.4) is 0 Å². The predicted octanol–water partition coefficient (Wildman–Crippen LogP) is 5.13. The average Bonchev–Trinajstić information content (AvgIpc) is 3.67. The fourth-order valence-electron chi connectivity index (χ4n) is 4.97. The minimum atomic E-state index is -0.609. The van der Waals surface area contributed by atoms with Crippen LogP contribution in [0.15, 0.2) is 44.5 Å². The van der Waals surface area contributed by atoms with E-state index in [2.05, 4.69) is 39.5 Å². The molecule has 1 N–H and O–H groups in total. The predicted molar refractivity (Wildman–Crippen MR) is 184 cm³/mol. The van der Waals surface area contributed by atoms with Crippen molar-refractivity contribution in [3.8, 4) is 23.8 Å². The Morgan fingerprint density at radius 1 is 1.22 bits per heavy atom. The van der Waals surface area contributed by atoms with E-state index in [-0.39, 0.29) is 41.2 Å². The van der Waals surface area contributed by atoms with E-state index in [0.29, 0.717) is 33.5 Å². The van der Waals surface area contributed by atoms with E-state index in [1.165, 1.54) is 33.5 Å². The minimum Gasteiger partial charge on any atom is -0.481 e. The van der Waals surface area contributed by atoms with Crippen molar-refractivity contribution in [2.45, 2.75) is 53.0 Å². The Morgan fingerprint density at radius 3 is 2.59 bits per heavy atom. The van der Waals surface area contributed by atoms with Crippen molar-refractivity contribution in [2.24, 2.45) is 10.4 Å². The van der Waals surface area contributed by atoms with Crippen LogP contribution in [0.1, 0.15) is 46.3 Å². The molecule has 0 saturated heterocycles. The quantitative estimate of drug-likeness (QED) is 0.290. The molecule has 3 amide bonds. The van der Waals surface area contributed by atoms with Crippen LogP contribution in [0.2, 0.25) is 5.02 Å². The number of amides is 3. The summed E-state index contributed by atoms with van der Waals surface area (Å²) >= 11 is 7.46. The molecule has 0 atom stereocenters. The topological polar surface area (TPSA) is 140 Å². The molecule has 49 heavy (non-hydrogen) atoms. The van der Waals surface area contributed by atoms with Gasteiger partial charge in [-0.1, -0.05) is 52.1 Å². The van der Waals surface area contributed by atoms with Crippen LogP contribution in [0.5, 0.6) is 5.75 Å². The number of aromatic nitrogens is 4. The highest BCUT2D eigenvalue weighted by Crippen LogP contribution is 2.37. The molecule has 0 aliphatic carbocycles. The zero-order valence-corrected chi connectivity index (χ0v) is 29.7. The molecule has 16 heteroatoms. The maximum atomic E-state index is 14.5. The van der Waals surface area contributed by atoms with Crippen molar-refractivity contribution in [1.82, 2.24) is 23.6 Å². The summed E-state index contributed by atoms with van der Waals surface area (Å²) < 4.78 is 32.6. The number of halogens is 2. The Balaban J connectivity index is 0.000000193. The van der Waals surface area contributed by atoms with Crippen LogP contribution in [-0.4, -0.2) is 62.8 Å². The van der Waals surface area contributed by atoms with Crippen LogP contribution in [0.25, 0.3) is 5.69 Å². The summed E-state index contributed by atoms with van der Waals surface area (Å²) in [5.74, 6) is 2.64. The molecule has 2 aromatic carbocycles. The van der Waals surface area contributed by atoms with Gasteiger partial charge in [0.05, 0.1) is 22.9 Å². The maximum Gasteiger partial charge on any atom is 0.442 e. The number of carbonyl (C=O) groups is 2. The van der Waals surface area contributed by atoms with Crippen LogP contribution in [0.4, 0.5) is 26.2 Å². The molecule has 13 nitrogen and oxygen atoms in total. The molecule has 258 valence electrons. The van der Waals surface area contributed by atoms with Crippen molar-refractivity contribution in [3.63, 3.8) is 0 Å². The molecule has 0 radical (unpaired) electrons. The first-order chi connectivity index (χ1) is 23.0. The zero-order chi connectivity index (χ0) is 35.8. The zero-order valence-electron chi connectivity index (χ0n) is 28.1. The molecule has 2 aliphatic heterocycles. The van der Waals surface area contributed by atoms with Gasteiger partial charge in [0.1, 0.15) is 17.3 Å². The molecule has 2 aromatic heterocycles. The number of nitrogens with one attached hydrogen (secondary N) is 1. The summed E-state index contributed by atoms with van der Waals surface area (Å²) in [5, 5.41) is 7.14. The number of terminal acetylenes is 1. The van der Waals surface area contributed by atoms with E-state index in [9.17, 15) is 18.8 Å². The molecule has 6 rings (SSSR count). The number of urea groups is 1. The van der Waals surface area contributed by atoms with E-state index in [4.69, 9.17) is 27.2 Å². The maximum absolute atomic E-state index is 14.5. The van der Waals surface area contributed by atoms with Gasteiger partial charge in [-0.2, -0.15) is 9.06 Å². The van der Waals surface area contributed by atoms with Gasteiger partial charge in [0, 0.05) is 55.8 Å². The lowest BCUT2D eigenvalue weighted by atomic mass is 9.92. The smallest absolute Gasteiger partial charge is 0.442 e. The van der Waals surface area contributed by atoms with Crippen LogP contribution < -0.4 is 25.5 Å². The molecule has 0 fully saturated rings. The van der Waals surface area contributed by atoms with Gasteiger partial charge in [0.2, 0.25) is 10.7 Å². The third kappa shape index (κ3) is 7.71. The monoisotopic (exact) mass is 710 g/mol. The Hall–Kier alpha value is -4.94. The molecular formula is C33H36ClFN8O5S. The minimum absolute atomic E-state index is 0.0964. The number of ether oxygens (including phenoxy) is 1. The molecule has 4 heterocycles. The van der Waals surface area contributed by atoms with Crippen molar-refractivity contribution < 1.29 is 23.1 Å². The highest BCUT2D eigenvalue weighted by molar-refractivity contribution is 7.02. The van der Waals surface area contributed by atoms with Crippen molar-refractivity contribution in [1.29, 1.82) is 0 Å². The van der Waals surface area contributed by atoms with E-state index >= 15 is 0 Å². The van der Waals surface area contributed by atoms with Crippen LogP contribution in [0, 0.1) is 23.6 Å². The van der Waals surface area contributed by atoms with Gasteiger partial charge in [-0.05, 0) is 29.7 Å². The average molecular weight is 711 g/mol. The normalized spacial score (nSPS) is 15.1. The molecule has 0 bridgehead atoms. The molecule has 0 saturated carbocycles. The second-order valence-electron chi connectivity index (χ2n) is 13.5. The molecule has 4 aromatic rings. The lowest BCUT2D eigenvalue weighted by Crippen LogP contribution is -2.39. The molecule has 0 spiro atoms. The fourth-order valence-corrected chi connectivity index (χ4v) is 5.99. The van der Waals surface area contributed by atoms with Crippen molar-refractivity contribution in [2.75, 3.05) is 37.5 Å². The van der Waals surface area contributed by atoms with Gasteiger partial charge < -0.3 is 23.9 Å². The van der Waals surface area contributed by atoms with Gasteiger partial charge >= 0.3 is 11.8 Å². The summed E-state index contributed by atoms with van der Waals surface area (Å²) in [4.78, 5) is 43.6. The van der Waals surface area contributed by atoms with Gasteiger partial charge in [-0.15, -0.1) is 11.5 Å². The van der Waals surface area contributed by atoms with Gasteiger partial charge in [0.25, 0.3) is 5.91 Å². The number of anilines is 2. The molecule has 2 aliphatic rings. The van der Waals surface area contributed by atoms with Crippen molar-refractivity contribution in [3.05, 3.63) is 68.2 Å². The Morgan fingerprint density at radius 2 is 1.96 bits per heavy atom. The highest BCUT2D eigenvalue weighted by Gasteiger charge is 2.31. The standard InChI is InChI=1S/C18H17FN4O2S.C15H19ClN4O3/c1-4-5-22-13-7-12(11(19)6-14(13)25-9-16(22)24)20-17-23-10-18(2,3)8-15(23)21-26-17;1-15(2,3)12-18-20(14(22)23-12)11-7-6-9(8-10(11)16)17-13(21)19(4)5/h1,6-7H,5,8-10H2,2-3H3;6-8H,1-5H3,(H,17,21)/b20-17-;. The first-order valence-electron chi connectivity index (χ1n) is 15.2. The summed E-state index contributed by atoms with van der Waals surface area (Å²) in [6, 6.07) is 7.27. The summed E-state index contributed by atoms with van der Waals surface area (Å²) in [5.41, 5.74) is 1.19. The Labute approximate surface area is 291 Å². The lowest BCUT2D eigenvalue weighted by molar-refractivity contribution is -0.121. The summed E-state index contributed by atoms with van der Waals surface area (Å²) in [6.45, 7) is 10.7. The second kappa shape index (κ2) is 13.5. The molecular weight excluding hydrogens is 675 g/mol. The number of hydrogen-bond acceptors (Lipinski definition) is 9. The largest absolute Gasteiger partial charge is 0.481 e. The van der Waals surface area contributed by atoms with Crippen LogP contribution >= 0.6 is 23.1 Å².